The highest BCUT2D eigenvalue weighted by molar-refractivity contribution is 9.11. The van der Waals surface area contributed by atoms with E-state index >= 15 is 0 Å². The summed E-state index contributed by atoms with van der Waals surface area (Å²) in [5.74, 6) is -1.05. The highest BCUT2D eigenvalue weighted by atomic mass is 79.9. The second-order valence-electron chi connectivity index (χ2n) is 2.84. The molecule has 0 aliphatic rings. The maximum Gasteiger partial charge on any atom is 0.573 e. The van der Waals surface area contributed by atoms with Gasteiger partial charge in [0.25, 0.3) is 0 Å². The zero-order valence-electron chi connectivity index (χ0n) is 7.86. The third-order valence-electron chi connectivity index (χ3n) is 1.63. The first-order valence-corrected chi connectivity index (χ1v) is 5.55. The third kappa shape index (κ3) is 3.21. The molecule has 0 atom stereocenters. The maximum absolute atomic E-state index is 12.1. The smallest absolute Gasteiger partial charge is 0.404 e. The van der Waals surface area contributed by atoms with Gasteiger partial charge in [0.1, 0.15) is 0 Å². The predicted molar refractivity (Wildman–Crippen MR) is 58.5 cm³/mol. The van der Waals surface area contributed by atoms with Gasteiger partial charge in [0.2, 0.25) is 0 Å². The summed E-state index contributed by atoms with van der Waals surface area (Å²) in [6, 6.07) is 2.82. The number of carbonyl (C=O) groups is 1. The SMILES string of the molecule is CC(=O)c1c(Br)ccc(Br)c1OC(F)(F)F. The van der Waals surface area contributed by atoms with Crippen molar-refractivity contribution in [1.82, 2.24) is 0 Å². The molecule has 0 heterocycles. The van der Waals surface area contributed by atoms with Crippen LogP contribution in [0.1, 0.15) is 17.3 Å². The summed E-state index contributed by atoms with van der Waals surface area (Å²) in [4.78, 5) is 11.2. The Morgan fingerprint density at radius 2 is 1.75 bits per heavy atom. The van der Waals surface area contributed by atoms with E-state index in [-0.39, 0.29) is 14.5 Å². The van der Waals surface area contributed by atoms with Crippen LogP contribution >= 0.6 is 31.9 Å². The summed E-state index contributed by atoms with van der Waals surface area (Å²) in [7, 11) is 0. The topological polar surface area (TPSA) is 26.3 Å². The summed E-state index contributed by atoms with van der Waals surface area (Å²) in [5, 5.41) is 0. The van der Waals surface area contributed by atoms with E-state index in [9.17, 15) is 18.0 Å². The van der Waals surface area contributed by atoms with Gasteiger partial charge in [0.05, 0.1) is 10.0 Å². The number of ketones is 1. The fraction of sp³-hybridized carbons (Fsp3) is 0.222. The van der Waals surface area contributed by atoms with E-state index in [0.717, 1.165) is 6.92 Å². The van der Waals surface area contributed by atoms with Crippen LogP contribution in [-0.4, -0.2) is 12.1 Å². The second-order valence-corrected chi connectivity index (χ2v) is 4.55. The molecule has 0 aliphatic carbocycles. The fourth-order valence-electron chi connectivity index (χ4n) is 1.08. The quantitative estimate of drug-likeness (QED) is 0.733. The molecule has 2 nitrogen and oxygen atoms in total. The Hall–Kier alpha value is -0.560. The second kappa shape index (κ2) is 4.75. The average Bonchev–Trinajstić information content (AvgIpc) is 2.08. The average molecular weight is 362 g/mol. The van der Waals surface area contributed by atoms with Crippen molar-refractivity contribution in [2.45, 2.75) is 13.3 Å². The maximum atomic E-state index is 12.1. The van der Waals surface area contributed by atoms with Crippen molar-refractivity contribution in [1.29, 1.82) is 0 Å². The largest absolute Gasteiger partial charge is 0.573 e. The standard InChI is InChI=1S/C9H5Br2F3O2/c1-4(15)7-5(10)2-3-6(11)8(7)16-9(12,13)14/h2-3H,1H3. The molecule has 0 spiro atoms. The molecule has 7 heteroatoms. The zero-order valence-corrected chi connectivity index (χ0v) is 11.0. The van der Waals surface area contributed by atoms with Crippen molar-refractivity contribution in [3.63, 3.8) is 0 Å². The molecular weight excluding hydrogens is 357 g/mol. The Kier molecular flexibility index (Phi) is 4.01. The van der Waals surface area contributed by atoms with Gasteiger partial charge in [0.15, 0.2) is 11.5 Å². The van der Waals surface area contributed by atoms with Crippen LogP contribution in [0, 0.1) is 0 Å². The Morgan fingerprint density at radius 1 is 1.25 bits per heavy atom. The van der Waals surface area contributed by atoms with Crippen molar-refractivity contribution in [3.05, 3.63) is 26.6 Å². The van der Waals surface area contributed by atoms with Crippen molar-refractivity contribution in [2.75, 3.05) is 0 Å². The first-order chi connectivity index (χ1) is 7.22. The molecule has 88 valence electrons. The van der Waals surface area contributed by atoms with Gasteiger partial charge < -0.3 is 4.74 Å². The number of halogens is 5. The normalized spacial score (nSPS) is 11.4. The lowest BCUT2D eigenvalue weighted by Crippen LogP contribution is -2.19. The van der Waals surface area contributed by atoms with Crippen LogP contribution in [0.4, 0.5) is 13.2 Å². The lowest BCUT2D eigenvalue weighted by atomic mass is 10.1. The molecule has 0 aliphatic heterocycles. The summed E-state index contributed by atoms with van der Waals surface area (Å²) in [6.45, 7) is 1.16. The van der Waals surface area contributed by atoms with Crippen molar-refractivity contribution in [3.8, 4) is 5.75 Å². The van der Waals surface area contributed by atoms with Gasteiger partial charge in [-0.1, -0.05) is 0 Å². The molecule has 1 aromatic rings. The van der Waals surface area contributed by atoms with Crippen molar-refractivity contribution in [2.24, 2.45) is 0 Å². The molecule has 0 unspecified atom stereocenters. The lowest BCUT2D eigenvalue weighted by molar-refractivity contribution is -0.275. The number of rotatable bonds is 2. The highest BCUT2D eigenvalue weighted by Gasteiger charge is 2.34. The number of benzene rings is 1. The summed E-state index contributed by atoms with van der Waals surface area (Å²) >= 11 is 5.90. The molecule has 1 aromatic carbocycles. The van der Waals surface area contributed by atoms with Crippen LogP contribution in [0.3, 0.4) is 0 Å². The molecule has 0 aromatic heterocycles. The first-order valence-electron chi connectivity index (χ1n) is 3.97. The molecule has 0 radical (unpaired) electrons. The number of hydrogen-bond acceptors (Lipinski definition) is 2. The summed E-state index contributed by atoms with van der Waals surface area (Å²) < 4.78 is 40.5. The molecule has 16 heavy (non-hydrogen) atoms. The third-order valence-corrected chi connectivity index (χ3v) is 2.91. The molecular formula is C9H5Br2F3O2. The number of hydrogen-bond donors (Lipinski definition) is 0. The van der Waals surface area contributed by atoms with E-state index in [1.54, 1.807) is 0 Å². The van der Waals surface area contributed by atoms with E-state index in [1.807, 2.05) is 0 Å². The van der Waals surface area contributed by atoms with Crippen LogP contribution in [0.25, 0.3) is 0 Å². The molecule has 0 saturated heterocycles. The number of carbonyl (C=O) groups excluding carboxylic acids is 1. The number of Topliss-reactive ketones (excluding diaryl/α,β-unsaturated/α-hetero) is 1. The van der Waals surface area contributed by atoms with Crippen LogP contribution in [0.2, 0.25) is 0 Å². The zero-order chi connectivity index (χ0) is 12.5. The Morgan fingerprint density at radius 3 is 2.19 bits per heavy atom. The summed E-state index contributed by atoms with van der Waals surface area (Å²) in [5.41, 5.74) is -0.147. The van der Waals surface area contributed by atoms with Gasteiger partial charge in [-0.2, -0.15) is 0 Å². The van der Waals surface area contributed by atoms with Crippen molar-refractivity contribution >= 4 is 37.6 Å². The Labute approximate surface area is 106 Å². The monoisotopic (exact) mass is 360 g/mol. The summed E-state index contributed by atoms with van der Waals surface area (Å²) in [6.07, 6.45) is -4.84. The Balaban J connectivity index is 3.35. The number of ether oxygens (including phenoxy) is 1. The van der Waals surface area contributed by atoms with Crippen LogP contribution < -0.4 is 4.74 Å². The van der Waals surface area contributed by atoms with Gasteiger partial charge in [-0.15, -0.1) is 13.2 Å². The van der Waals surface area contributed by atoms with Crippen LogP contribution in [0.15, 0.2) is 21.1 Å². The van der Waals surface area contributed by atoms with Gasteiger partial charge in [0, 0.05) is 4.47 Å². The van der Waals surface area contributed by atoms with Gasteiger partial charge in [-0.25, -0.2) is 0 Å². The van der Waals surface area contributed by atoms with E-state index in [1.165, 1.54) is 12.1 Å². The lowest BCUT2D eigenvalue weighted by Gasteiger charge is -2.14. The molecule has 1 rings (SSSR count). The van der Waals surface area contributed by atoms with Gasteiger partial charge in [-0.05, 0) is 50.9 Å². The van der Waals surface area contributed by atoms with E-state index in [2.05, 4.69) is 36.6 Å². The van der Waals surface area contributed by atoms with Crippen LogP contribution in [-0.2, 0) is 0 Å². The number of alkyl halides is 3. The van der Waals surface area contributed by atoms with E-state index < -0.39 is 17.9 Å². The van der Waals surface area contributed by atoms with Crippen LogP contribution in [0.5, 0.6) is 5.75 Å². The van der Waals surface area contributed by atoms with Gasteiger partial charge >= 0.3 is 6.36 Å². The minimum Gasteiger partial charge on any atom is -0.404 e. The Bertz CT molecular complexity index is 429. The fourth-order valence-corrected chi connectivity index (χ4v) is 2.08. The minimum absolute atomic E-state index is 0.0678. The highest BCUT2D eigenvalue weighted by Crippen LogP contribution is 2.37. The van der Waals surface area contributed by atoms with E-state index in [0.29, 0.717) is 0 Å². The minimum atomic E-state index is -4.84. The molecule has 0 fully saturated rings. The first kappa shape index (κ1) is 13.5. The van der Waals surface area contributed by atoms with Gasteiger partial charge in [-0.3, -0.25) is 4.79 Å². The molecule has 0 saturated carbocycles. The molecule has 0 bridgehead atoms. The van der Waals surface area contributed by atoms with Crippen molar-refractivity contribution < 1.29 is 22.7 Å². The molecule has 0 N–H and O–H groups in total. The molecule has 0 amide bonds. The predicted octanol–water partition coefficient (Wildman–Crippen LogP) is 4.31. The van der Waals surface area contributed by atoms with E-state index in [4.69, 9.17) is 0 Å².